The molecule has 104 valence electrons. The number of hydrogen-bond acceptors (Lipinski definition) is 1. The van der Waals surface area contributed by atoms with Crippen molar-refractivity contribution in [2.24, 2.45) is 0 Å². The van der Waals surface area contributed by atoms with Crippen LogP contribution in [0.15, 0.2) is 48.5 Å². The number of benzene rings is 2. The van der Waals surface area contributed by atoms with Crippen LogP contribution < -0.4 is 0 Å². The number of nitrogens with zero attached hydrogens (tertiary/aromatic N) is 1. The van der Waals surface area contributed by atoms with Crippen molar-refractivity contribution in [2.45, 2.75) is 6.18 Å². The van der Waals surface area contributed by atoms with E-state index in [2.05, 4.69) is 11.1 Å². The molecule has 2 aromatic carbocycles. The monoisotopic (exact) mass is 286 g/mol. The van der Waals surface area contributed by atoms with Gasteiger partial charge in [-0.15, -0.1) is 0 Å². The maximum atomic E-state index is 12.8. The zero-order valence-electron chi connectivity index (χ0n) is 10.7. The Labute approximate surface area is 118 Å². The molecule has 0 fully saturated rings. The van der Waals surface area contributed by atoms with Crippen molar-refractivity contribution in [3.8, 4) is 17.3 Å². The largest absolute Gasteiger partial charge is 0.416 e. The number of rotatable bonds is 1. The molecule has 0 saturated carbocycles. The Morgan fingerprint density at radius 1 is 1.00 bits per heavy atom. The predicted octanol–water partition coefficient (Wildman–Crippen LogP) is 4.73. The van der Waals surface area contributed by atoms with E-state index in [9.17, 15) is 18.4 Å². The summed E-state index contributed by atoms with van der Waals surface area (Å²) in [6.45, 7) is 0. The molecule has 3 aromatic rings. The summed E-state index contributed by atoms with van der Waals surface area (Å²) in [5.41, 5.74) is 1.09. The number of fused-ring (bicyclic) bond motifs is 1. The van der Waals surface area contributed by atoms with Crippen molar-refractivity contribution in [1.29, 1.82) is 5.26 Å². The molecule has 2 nitrogen and oxygen atoms in total. The van der Waals surface area contributed by atoms with Crippen LogP contribution in [0, 0.1) is 11.3 Å². The molecular formula is C16H9F3N2. The topological polar surface area (TPSA) is 39.6 Å². The maximum Gasteiger partial charge on any atom is 0.416 e. The molecule has 1 heterocycles. The number of hydrogen-bond donors (Lipinski definition) is 1. The second-order valence-corrected chi connectivity index (χ2v) is 4.61. The fourth-order valence-corrected chi connectivity index (χ4v) is 2.33. The van der Waals surface area contributed by atoms with E-state index in [1.165, 1.54) is 6.07 Å². The lowest BCUT2D eigenvalue weighted by molar-refractivity contribution is -0.137. The average molecular weight is 286 g/mol. The molecule has 0 aliphatic heterocycles. The summed E-state index contributed by atoms with van der Waals surface area (Å²) in [7, 11) is 0. The van der Waals surface area contributed by atoms with Gasteiger partial charge in [-0.05, 0) is 23.8 Å². The third-order valence-corrected chi connectivity index (χ3v) is 3.30. The van der Waals surface area contributed by atoms with Gasteiger partial charge in [-0.2, -0.15) is 18.4 Å². The molecule has 0 amide bonds. The highest BCUT2D eigenvalue weighted by molar-refractivity contribution is 5.93. The van der Waals surface area contributed by atoms with Crippen LogP contribution in [0.2, 0.25) is 0 Å². The van der Waals surface area contributed by atoms with Crippen molar-refractivity contribution in [2.75, 3.05) is 0 Å². The van der Waals surface area contributed by atoms with Gasteiger partial charge in [-0.1, -0.05) is 30.3 Å². The van der Waals surface area contributed by atoms with E-state index in [1.807, 2.05) is 0 Å². The SMILES string of the molecule is N#Cc1c(-c2cccc(C(F)(F)F)c2)[nH]c2ccccc12. The van der Waals surface area contributed by atoms with Crippen molar-refractivity contribution in [3.05, 3.63) is 59.7 Å². The Morgan fingerprint density at radius 2 is 1.76 bits per heavy atom. The lowest BCUT2D eigenvalue weighted by Crippen LogP contribution is -2.04. The first-order chi connectivity index (χ1) is 10.0. The van der Waals surface area contributed by atoms with Crippen molar-refractivity contribution >= 4 is 10.9 Å². The van der Waals surface area contributed by atoms with Crippen LogP contribution in [0.5, 0.6) is 0 Å². The summed E-state index contributed by atoms with van der Waals surface area (Å²) in [5.74, 6) is 0. The molecule has 3 rings (SSSR count). The van der Waals surface area contributed by atoms with E-state index in [0.717, 1.165) is 17.6 Å². The first-order valence-electron chi connectivity index (χ1n) is 6.19. The molecule has 0 aliphatic rings. The Balaban J connectivity index is 2.24. The highest BCUT2D eigenvalue weighted by Gasteiger charge is 2.30. The fourth-order valence-electron chi connectivity index (χ4n) is 2.33. The summed E-state index contributed by atoms with van der Waals surface area (Å²) in [6, 6.07) is 14.2. The van der Waals surface area contributed by atoms with Gasteiger partial charge in [0.05, 0.1) is 16.8 Å². The van der Waals surface area contributed by atoms with Crippen molar-refractivity contribution in [3.63, 3.8) is 0 Å². The molecule has 0 spiro atoms. The Hall–Kier alpha value is -2.74. The maximum absolute atomic E-state index is 12.8. The molecule has 0 aliphatic carbocycles. The Morgan fingerprint density at radius 3 is 2.48 bits per heavy atom. The van der Waals surface area contributed by atoms with E-state index < -0.39 is 11.7 Å². The van der Waals surface area contributed by atoms with E-state index in [4.69, 9.17) is 0 Å². The van der Waals surface area contributed by atoms with Crippen LogP contribution >= 0.6 is 0 Å². The van der Waals surface area contributed by atoms with Gasteiger partial charge >= 0.3 is 6.18 Å². The second kappa shape index (κ2) is 4.67. The van der Waals surface area contributed by atoms with E-state index in [-0.39, 0.29) is 0 Å². The van der Waals surface area contributed by atoms with Crippen LogP contribution in [0.4, 0.5) is 13.2 Å². The minimum Gasteiger partial charge on any atom is -0.353 e. The molecular weight excluding hydrogens is 277 g/mol. The van der Waals surface area contributed by atoms with Gasteiger partial charge in [0.1, 0.15) is 6.07 Å². The molecule has 1 N–H and O–H groups in total. The lowest BCUT2D eigenvalue weighted by atomic mass is 10.0. The predicted molar refractivity (Wildman–Crippen MR) is 73.5 cm³/mol. The number of nitrogens with one attached hydrogen (secondary N) is 1. The first kappa shape index (κ1) is 13.3. The van der Waals surface area contributed by atoms with Crippen LogP contribution in [0.3, 0.4) is 0 Å². The van der Waals surface area contributed by atoms with Crippen molar-refractivity contribution in [1.82, 2.24) is 4.98 Å². The molecule has 21 heavy (non-hydrogen) atoms. The van der Waals surface area contributed by atoms with Gasteiger partial charge in [-0.25, -0.2) is 0 Å². The minimum absolute atomic E-state index is 0.345. The molecule has 1 aromatic heterocycles. The highest BCUT2D eigenvalue weighted by atomic mass is 19.4. The standard InChI is InChI=1S/C16H9F3N2/c17-16(18,19)11-5-3-4-10(8-11)15-13(9-20)12-6-1-2-7-14(12)21-15/h1-8,21H. The normalized spacial score (nSPS) is 11.5. The van der Waals surface area contributed by atoms with E-state index in [0.29, 0.717) is 22.2 Å². The number of para-hydroxylation sites is 1. The number of alkyl halides is 3. The summed E-state index contributed by atoms with van der Waals surface area (Å²) < 4.78 is 38.4. The third-order valence-electron chi connectivity index (χ3n) is 3.30. The lowest BCUT2D eigenvalue weighted by Gasteiger charge is -2.08. The van der Waals surface area contributed by atoms with Gasteiger partial charge in [0.2, 0.25) is 0 Å². The molecule has 0 unspecified atom stereocenters. The molecule has 0 radical (unpaired) electrons. The number of aromatic nitrogens is 1. The molecule has 0 saturated heterocycles. The molecule has 0 atom stereocenters. The van der Waals surface area contributed by atoms with E-state index in [1.54, 1.807) is 30.3 Å². The van der Waals surface area contributed by atoms with Gasteiger partial charge in [-0.3, -0.25) is 0 Å². The van der Waals surface area contributed by atoms with Gasteiger partial charge in [0, 0.05) is 10.9 Å². The van der Waals surface area contributed by atoms with Gasteiger partial charge in [0.25, 0.3) is 0 Å². The van der Waals surface area contributed by atoms with Crippen molar-refractivity contribution < 1.29 is 13.2 Å². The van der Waals surface area contributed by atoms with E-state index >= 15 is 0 Å². The smallest absolute Gasteiger partial charge is 0.353 e. The van der Waals surface area contributed by atoms with Crippen LogP contribution in [-0.4, -0.2) is 4.98 Å². The van der Waals surface area contributed by atoms with Crippen LogP contribution in [0.1, 0.15) is 11.1 Å². The average Bonchev–Trinajstić information content (AvgIpc) is 2.85. The number of nitriles is 1. The highest BCUT2D eigenvalue weighted by Crippen LogP contribution is 2.34. The molecule has 0 bridgehead atoms. The summed E-state index contributed by atoms with van der Waals surface area (Å²) >= 11 is 0. The molecule has 5 heteroatoms. The second-order valence-electron chi connectivity index (χ2n) is 4.61. The first-order valence-corrected chi connectivity index (χ1v) is 6.19. The zero-order chi connectivity index (χ0) is 15.0. The Kier molecular flexibility index (Phi) is 2.95. The van der Waals surface area contributed by atoms with Crippen LogP contribution in [0.25, 0.3) is 22.2 Å². The summed E-state index contributed by atoms with van der Waals surface area (Å²) in [5, 5.41) is 10.0. The number of halogens is 3. The summed E-state index contributed by atoms with van der Waals surface area (Å²) in [6.07, 6.45) is -4.41. The van der Waals surface area contributed by atoms with Gasteiger partial charge < -0.3 is 4.98 Å². The minimum atomic E-state index is -4.41. The summed E-state index contributed by atoms with van der Waals surface area (Å²) in [4.78, 5) is 3.02. The Bertz CT molecular complexity index is 854. The van der Waals surface area contributed by atoms with Crippen LogP contribution in [-0.2, 0) is 6.18 Å². The number of H-pyrrole nitrogens is 1. The number of aromatic amines is 1. The zero-order valence-corrected chi connectivity index (χ0v) is 10.7. The fraction of sp³-hybridized carbons (Fsp3) is 0.0625. The van der Waals surface area contributed by atoms with Gasteiger partial charge in [0.15, 0.2) is 0 Å². The quantitative estimate of drug-likeness (QED) is 0.690. The third kappa shape index (κ3) is 2.25.